The summed E-state index contributed by atoms with van der Waals surface area (Å²) in [4.78, 5) is 15.2. The van der Waals surface area contributed by atoms with Crippen molar-refractivity contribution in [2.75, 3.05) is 6.54 Å². The zero-order chi connectivity index (χ0) is 9.84. The average Bonchev–Trinajstić information content (AvgIpc) is 2.47. The lowest BCUT2D eigenvalue weighted by Crippen LogP contribution is -2.26. The van der Waals surface area contributed by atoms with Gasteiger partial charge in [0.2, 0.25) is 0 Å². The minimum Gasteiger partial charge on any atom is -0.346 e. The van der Waals surface area contributed by atoms with Gasteiger partial charge in [-0.25, -0.2) is 4.98 Å². The van der Waals surface area contributed by atoms with Crippen LogP contribution in [0.2, 0.25) is 0 Å². The Hall–Kier alpha value is -1.10. The zero-order valence-electron chi connectivity index (χ0n) is 7.25. The number of imidazole rings is 1. The number of carbonyl (C=O) groups is 1. The molecule has 0 fully saturated rings. The predicted octanol–water partition coefficient (Wildman–Crippen LogP) is 1.06. The minimum atomic E-state index is -0.152. The number of halogens is 1. The lowest BCUT2D eigenvalue weighted by Gasteiger charge is -2.03. The van der Waals surface area contributed by atoms with E-state index < -0.39 is 0 Å². The van der Waals surface area contributed by atoms with Crippen molar-refractivity contribution in [3.8, 4) is 0 Å². The van der Waals surface area contributed by atoms with Crippen LogP contribution >= 0.6 is 15.9 Å². The van der Waals surface area contributed by atoms with Crippen molar-refractivity contribution in [2.45, 2.75) is 0 Å². The fourth-order valence-corrected chi connectivity index (χ4v) is 0.983. The van der Waals surface area contributed by atoms with E-state index in [1.807, 2.05) is 0 Å². The van der Waals surface area contributed by atoms with E-state index in [0.717, 1.165) is 4.48 Å². The molecule has 5 heteroatoms. The van der Waals surface area contributed by atoms with Crippen LogP contribution in [0.1, 0.15) is 10.5 Å². The molecular formula is C8H10BrN3O. The van der Waals surface area contributed by atoms with Crippen molar-refractivity contribution in [1.29, 1.82) is 0 Å². The van der Waals surface area contributed by atoms with E-state index in [4.69, 9.17) is 0 Å². The van der Waals surface area contributed by atoms with Gasteiger partial charge in [-0.3, -0.25) is 4.79 Å². The van der Waals surface area contributed by atoms with Gasteiger partial charge in [-0.05, 0) is 0 Å². The summed E-state index contributed by atoms with van der Waals surface area (Å²) < 4.78 is 2.40. The van der Waals surface area contributed by atoms with Crippen LogP contribution in [0, 0.1) is 0 Å². The van der Waals surface area contributed by atoms with Gasteiger partial charge in [-0.15, -0.1) is 0 Å². The van der Waals surface area contributed by atoms with Crippen LogP contribution in [-0.2, 0) is 7.05 Å². The van der Waals surface area contributed by atoms with Gasteiger partial charge in [0.15, 0.2) is 0 Å². The average molecular weight is 244 g/mol. The topological polar surface area (TPSA) is 46.9 Å². The molecule has 4 nitrogen and oxygen atoms in total. The summed E-state index contributed by atoms with van der Waals surface area (Å²) in [5, 5.41) is 2.68. The smallest absolute Gasteiger partial charge is 0.269 e. The van der Waals surface area contributed by atoms with E-state index in [2.05, 4.69) is 32.8 Å². The van der Waals surface area contributed by atoms with Crippen LogP contribution in [0.5, 0.6) is 0 Å². The number of rotatable bonds is 3. The van der Waals surface area contributed by atoms with Crippen LogP contribution in [0.3, 0.4) is 0 Å². The first-order valence-electron chi connectivity index (χ1n) is 3.69. The molecule has 0 aliphatic carbocycles. The zero-order valence-corrected chi connectivity index (χ0v) is 8.84. The molecule has 1 aromatic heterocycles. The van der Waals surface area contributed by atoms with Crippen LogP contribution < -0.4 is 5.32 Å². The number of aryl methyl sites for hydroxylation is 1. The normalized spacial score (nSPS) is 9.69. The molecule has 0 saturated carbocycles. The van der Waals surface area contributed by atoms with Crippen molar-refractivity contribution >= 4 is 21.8 Å². The van der Waals surface area contributed by atoms with Crippen LogP contribution in [0.25, 0.3) is 0 Å². The molecule has 0 aromatic carbocycles. The summed E-state index contributed by atoms with van der Waals surface area (Å²) in [6.45, 7) is 4.03. The second kappa shape index (κ2) is 4.23. The molecule has 0 aliphatic rings. The number of nitrogens with one attached hydrogen (secondary N) is 1. The summed E-state index contributed by atoms with van der Waals surface area (Å²) in [7, 11) is 1.77. The first kappa shape index (κ1) is 9.98. The Morgan fingerprint density at radius 1 is 1.85 bits per heavy atom. The molecule has 70 valence electrons. The third kappa shape index (κ3) is 2.69. The summed E-state index contributed by atoms with van der Waals surface area (Å²) in [6, 6.07) is 0. The Bertz CT molecular complexity index is 332. The molecule has 0 radical (unpaired) electrons. The molecule has 1 amide bonds. The van der Waals surface area contributed by atoms with Crippen LogP contribution in [-0.4, -0.2) is 22.0 Å². The second-order valence-electron chi connectivity index (χ2n) is 2.59. The van der Waals surface area contributed by atoms with E-state index in [-0.39, 0.29) is 5.91 Å². The van der Waals surface area contributed by atoms with Crippen LogP contribution in [0.15, 0.2) is 23.6 Å². The van der Waals surface area contributed by atoms with E-state index in [1.54, 1.807) is 17.9 Å². The first-order chi connectivity index (χ1) is 6.11. The number of nitrogens with zero attached hydrogens (tertiary/aromatic N) is 2. The van der Waals surface area contributed by atoms with Crippen LogP contribution in [0.4, 0.5) is 0 Å². The molecule has 13 heavy (non-hydrogen) atoms. The Morgan fingerprint density at radius 2 is 2.54 bits per heavy atom. The standard InChI is InChI=1S/C8H10BrN3O/c1-6(9)3-11-8(13)7-4-10-5-12(7)2/h4-5H,1,3H2,2H3,(H,11,13). The van der Waals surface area contributed by atoms with Gasteiger partial charge in [0.1, 0.15) is 5.69 Å². The third-order valence-corrected chi connectivity index (χ3v) is 1.77. The Balaban J connectivity index is 2.59. The number of carbonyl (C=O) groups excluding carboxylic acids is 1. The predicted molar refractivity (Wildman–Crippen MR) is 53.6 cm³/mol. The lowest BCUT2D eigenvalue weighted by atomic mass is 10.4. The highest BCUT2D eigenvalue weighted by Crippen LogP contribution is 1.99. The quantitative estimate of drug-likeness (QED) is 0.864. The van der Waals surface area contributed by atoms with Crippen molar-refractivity contribution in [1.82, 2.24) is 14.9 Å². The summed E-state index contributed by atoms with van der Waals surface area (Å²) >= 11 is 3.15. The Kier molecular flexibility index (Phi) is 3.25. The molecule has 0 aliphatic heterocycles. The molecule has 0 spiro atoms. The maximum absolute atomic E-state index is 11.4. The first-order valence-corrected chi connectivity index (χ1v) is 4.48. The SMILES string of the molecule is C=C(Br)CNC(=O)c1cncn1C. The van der Waals surface area contributed by atoms with Gasteiger partial charge in [-0.1, -0.05) is 22.5 Å². The molecule has 1 N–H and O–H groups in total. The minimum absolute atomic E-state index is 0.152. The molecule has 1 aromatic rings. The van der Waals surface area contributed by atoms with Gasteiger partial charge in [0.25, 0.3) is 5.91 Å². The summed E-state index contributed by atoms with van der Waals surface area (Å²) in [5.41, 5.74) is 0.536. The van der Waals surface area contributed by atoms with Gasteiger partial charge in [-0.2, -0.15) is 0 Å². The Morgan fingerprint density at radius 3 is 3.00 bits per heavy atom. The number of hydrogen-bond donors (Lipinski definition) is 1. The molecule has 0 saturated heterocycles. The highest BCUT2D eigenvalue weighted by atomic mass is 79.9. The van der Waals surface area contributed by atoms with E-state index >= 15 is 0 Å². The summed E-state index contributed by atoms with van der Waals surface area (Å²) in [6.07, 6.45) is 3.10. The fourth-order valence-electron chi connectivity index (χ4n) is 0.843. The summed E-state index contributed by atoms with van der Waals surface area (Å²) in [5.74, 6) is -0.152. The molecule has 0 atom stereocenters. The van der Waals surface area contributed by atoms with Crippen molar-refractivity contribution < 1.29 is 4.79 Å². The molecule has 1 rings (SSSR count). The molecular weight excluding hydrogens is 234 g/mol. The van der Waals surface area contributed by atoms with Crippen molar-refractivity contribution in [3.05, 3.63) is 29.3 Å². The van der Waals surface area contributed by atoms with E-state index in [1.165, 1.54) is 6.20 Å². The van der Waals surface area contributed by atoms with Gasteiger partial charge < -0.3 is 9.88 Å². The maximum Gasteiger partial charge on any atom is 0.269 e. The third-order valence-electron chi connectivity index (χ3n) is 1.49. The second-order valence-corrected chi connectivity index (χ2v) is 3.71. The van der Waals surface area contributed by atoms with Gasteiger partial charge >= 0.3 is 0 Å². The van der Waals surface area contributed by atoms with Gasteiger partial charge in [0, 0.05) is 18.1 Å². The molecule has 0 unspecified atom stereocenters. The molecule has 0 bridgehead atoms. The van der Waals surface area contributed by atoms with Crippen molar-refractivity contribution in [2.24, 2.45) is 7.05 Å². The highest BCUT2D eigenvalue weighted by Gasteiger charge is 2.08. The monoisotopic (exact) mass is 243 g/mol. The largest absolute Gasteiger partial charge is 0.346 e. The number of aromatic nitrogens is 2. The number of amides is 1. The van der Waals surface area contributed by atoms with E-state index in [0.29, 0.717) is 12.2 Å². The fraction of sp³-hybridized carbons (Fsp3) is 0.250. The van der Waals surface area contributed by atoms with Crippen molar-refractivity contribution in [3.63, 3.8) is 0 Å². The Labute approximate surface area is 84.8 Å². The maximum atomic E-state index is 11.4. The molecule has 1 heterocycles. The number of hydrogen-bond acceptors (Lipinski definition) is 2. The highest BCUT2D eigenvalue weighted by molar-refractivity contribution is 9.11. The van der Waals surface area contributed by atoms with E-state index in [9.17, 15) is 4.79 Å². The lowest BCUT2D eigenvalue weighted by molar-refractivity contribution is 0.0949. The van der Waals surface area contributed by atoms with Gasteiger partial charge in [0.05, 0.1) is 12.5 Å².